The summed E-state index contributed by atoms with van der Waals surface area (Å²) in [7, 11) is 0. The van der Waals surface area contributed by atoms with Gasteiger partial charge in [0, 0.05) is 18.1 Å². The Kier molecular flexibility index (Phi) is 3.29. The van der Waals surface area contributed by atoms with Crippen LogP contribution >= 0.6 is 17.0 Å². The van der Waals surface area contributed by atoms with Crippen LogP contribution in [0.3, 0.4) is 0 Å². The van der Waals surface area contributed by atoms with Crippen LogP contribution in [0.2, 0.25) is 0 Å². The van der Waals surface area contributed by atoms with Gasteiger partial charge in [0.2, 0.25) is 0 Å². The normalized spacial score (nSPS) is 10.2. The molecule has 3 rings (SSSR count). The number of hydrogen-bond acceptors (Lipinski definition) is 1. The molecule has 0 aliphatic carbocycles. The van der Waals surface area contributed by atoms with Crippen molar-refractivity contribution < 1.29 is 0 Å². The number of rotatable bonds is 1. The molecule has 1 aromatic heterocycles. The zero-order valence-corrected chi connectivity index (χ0v) is 11.2. The average molecular weight is 289 g/mol. The van der Waals surface area contributed by atoms with Crippen LogP contribution in [0.4, 0.5) is 0 Å². The van der Waals surface area contributed by atoms with Crippen molar-refractivity contribution in [1.82, 2.24) is 9.55 Å². The van der Waals surface area contributed by atoms with Gasteiger partial charge >= 0.3 is 0 Å². The highest BCUT2D eigenvalue weighted by molar-refractivity contribution is 8.93. The SMILES string of the molecule is Br.Cc1cc(-n2ccnc2)cc2ccccc12. The summed E-state index contributed by atoms with van der Waals surface area (Å²) < 4.78 is 2.03. The number of hydrogen-bond donors (Lipinski definition) is 0. The van der Waals surface area contributed by atoms with Crippen LogP contribution in [0.25, 0.3) is 16.5 Å². The van der Waals surface area contributed by atoms with Crippen molar-refractivity contribution in [3.63, 3.8) is 0 Å². The maximum atomic E-state index is 4.07. The van der Waals surface area contributed by atoms with E-state index in [4.69, 9.17) is 0 Å². The van der Waals surface area contributed by atoms with Crippen LogP contribution in [0.1, 0.15) is 5.56 Å². The molecule has 2 nitrogen and oxygen atoms in total. The molecule has 0 atom stereocenters. The van der Waals surface area contributed by atoms with E-state index in [9.17, 15) is 0 Å². The largest absolute Gasteiger partial charge is 0.306 e. The molecule has 0 aliphatic rings. The van der Waals surface area contributed by atoms with Gasteiger partial charge in [-0.25, -0.2) is 4.98 Å². The van der Waals surface area contributed by atoms with E-state index in [1.54, 1.807) is 6.20 Å². The molecule has 86 valence electrons. The van der Waals surface area contributed by atoms with Crippen molar-refractivity contribution in [2.45, 2.75) is 6.92 Å². The Morgan fingerprint density at radius 2 is 1.94 bits per heavy atom. The Bertz CT molecular complexity index is 630. The molecule has 0 radical (unpaired) electrons. The lowest BCUT2D eigenvalue weighted by molar-refractivity contribution is 1.06. The third kappa shape index (κ3) is 2.11. The molecule has 0 unspecified atom stereocenters. The fourth-order valence-corrected chi connectivity index (χ4v) is 2.04. The lowest BCUT2D eigenvalue weighted by atomic mass is 10.0. The van der Waals surface area contributed by atoms with Crippen LogP contribution in [0.15, 0.2) is 55.1 Å². The molecule has 0 saturated carbocycles. The van der Waals surface area contributed by atoms with E-state index in [1.807, 2.05) is 17.1 Å². The smallest absolute Gasteiger partial charge is 0.0991 e. The number of aryl methyl sites for hydroxylation is 1. The molecule has 0 amide bonds. The van der Waals surface area contributed by atoms with Crippen molar-refractivity contribution >= 4 is 27.8 Å². The van der Waals surface area contributed by atoms with Crippen molar-refractivity contribution in [2.24, 2.45) is 0 Å². The van der Waals surface area contributed by atoms with Crippen molar-refractivity contribution in [3.05, 3.63) is 60.7 Å². The van der Waals surface area contributed by atoms with Crippen LogP contribution < -0.4 is 0 Å². The summed E-state index contributed by atoms with van der Waals surface area (Å²) in [5.74, 6) is 0. The Hall–Kier alpha value is -1.61. The fraction of sp³-hybridized carbons (Fsp3) is 0.0714. The summed E-state index contributed by atoms with van der Waals surface area (Å²) in [6.07, 6.45) is 5.58. The van der Waals surface area contributed by atoms with Gasteiger partial charge in [-0.15, -0.1) is 17.0 Å². The lowest BCUT2D eigenvalue weighted by Crippen LogP contribution is -1.91. The molecule has 3 aromatic rings. The number of imidazole rings is 1. The first-order valence-corrected chi connectivity index (χ1v) is 5.32. The first-order valence-electron chi connectivity index (χ1n) is 5.32. The van der Waals surface area contributed by atoms with Crippen molar-refractivity contribution in [1.29, 1.82) is 0 Å². The summed E-state index contributed by atoms with van der Waals surface area (Å²) in [6.45, 7) is 2.14. The summed E-state index contributed by atoms with van der Waals surface area (Å²) in [6, 6.07) is 12.8. The Morgan fingerprint density at radius 3 is 2.71 bits per heavy atom. The first kappa shape index (κ1) is 11.9. The van der Waals surface area contributed by atoms with E-state index in [2.05, 4.69) is 48.3 Å². The van der Waals surface area contributed by atoms with Gasteiger partial charge in [0.05, 0.1) is 6.33 Å². The van der Waals surface area contributed by atoms with Gasteiger partial charge in [0.15, 0.2) is 0 Å². The molecule has 0 saturated heterocycles. The van der Waals surface area contributed by atoms with E-state index >= 15 is 0 Å². The maximum Gasteiger partial charge on any atom is 0.0991 e. The highest BCUT2D eigenvalue weighted by Gasteiger charge is 2.01. The minimum atomic E-state index is 0. The van der Waals surface area contributed by atoms with Crippen molar-refractivity contribution in [2.75, 3.05) is 0 Å². The Morgan fingerprint density at radius 1 is 1.12 bits per heavy atom. The fourth-order valence-electron chi connectivity index (χ4n) is 2.04. The standard InChI is InChI=1S/C14H12N2.BrH/c1-11-8-13(16-7-6-15-10-16)9-12-4-2-3-5-14(11)12;/h2-10H,1H3;1H. The maximum absolute atomic E-state index is 4.07. The Balaban J connectivity index is 0.00000108. The minimum absolute atomic E-state index is 0. The van der Waals surface area contributed by atoms with Gasteiger partial charge in [0.25, 0.3) is 0 Å². The van der Waals surface area contributed by atoms with Gasteiger partial charge in [-0.1, -0.05) is 24.3 Å². The third-order valence-electron chi connectivity index (χ3n) is 2.86. The number of halogens is 1. The second kappa shape index (κ2) is 4.72. The van der Waals surface area contributed by atoms with Crippen LogP contribution in [0, 0.1) is 6.92 Å². The first-order chi connectivity index (χ1) is 7.84. The van der Waals surface area contributed by atoms with Crippen LogP contribution in [-0.2, 0) is 0 Å². The summed E-state index contributed by atoms with van der Waals surface area (Å²) in [5.41, 5.74) is 2.45. The predicted molar refractivity (Wildman–Crippen MR) is 76.1 cm³/mol. The molecule has 1 heterocycles. The Labute approximate surface area is 111 Å². The number of benzene rings is 2. The molecule has 0 N–H and O–H groups in total. The van der Waals surface area contributed by atoms with Gasteiger partial charge < -0.3 is 4.57 Å². The van der Waals surface area contributed by atoms with E-state index in [0.717, 1.165) is 5.69 Å². The highest BCUT2D eigenvalue weighted by Crippen LogP contribution is 2.22. The monoisotopic (exact) mass is 288 g/mol. The van der Waals surface area contributed by atoms with E-state index in [0.29, 0.717) is 0 Å². The van der Waals surface area contributed by atoms with Gasteiger partial charge in [-0.2, -0.15) is 0 Å². The molecule has 0 fully saturated rings. The number of nitrogens with zero attached hydrogens (tertiary/aromatic N) is 2. The predicted octanol–water partition coefficient (Wildman–Crippen LogP) is 3.91. The van der Waals surface area contributed by atoms with E-state index < -0.39 is 0 Å². The quantitative estimate of drug-likeness (QED) is 0.664. The number of fused-ring (bicyclic) bond motifs is 1. The second-order valence-corrected chi connectivity index (χ2v) is 3.95. The van der Waals surface area contributed by atoms with E-state index in [1.165, 1.54) is 16.3 Å². The summed E-state index contributed by atoms with van der Waals surface area (Å²) in [4.78, 5) is 4.07. The second-order valence-electron chi connectivity index (χ2n) is 3.95. The lowest BCUT2D eigenvalue weighted by Gasteiger charge is -2.07. The summed E-state index contributed by atoms with van der Waals surface area (Å²) in [5, 5.41) is 2.58. The molecule has 0 aliphatic heterocycles. The minimum Gasteiger partial charge on any atom is -0.306 e. The van der Waals surface area contributed by atoms with Gasteiger partial charge in [-0.3, -0.25) is 0 Å². The third-order valence-corrected chi connectivity index (χ3v) is 2.86. The number of aromatic nitrogens is 2. The average Bonchev–Trinajstić information content (AvgIpc) is 2.82. The zero-order valence-electron chi connectivity index (χ0n) is 9.50. The molecule has 0 bridgehead atoms. The van der Waals surface area contributed by atoms with Gasteiger partial charge in [0.1, 0.15) is 0 Å². The van der Waals surface area contributed by atoms with Crippen LogP contribution in [0.5, 0.6) is 0 Å². The molecular formula is C14H13BrN2. The van der Waals surface area contributed by atoms with Gasteiger partial charge in [-0.05, 0) is 35.4 Å². The molecule has 0 spiro atoms. The summed E-state index contributed by atoms with van der Waals surface area (Å²) >= 11 is 0. The molecular weight excluding hydrogens is 276 g/mol. The zero-order chi connectivity index (χ0) is 11.0. The molecule has 3 heteroatoms. The van der Waals surface area contributed by atoms with Crippen molar-refractivity contribution in [3.8, 4) is 5.69 Å². The highest BCUT2D eigenvalue weighted by atomic mass is 79.9. The molecule has 17 heavy (non-hydrogen) atoms. The van der Waals surface area contributed by atoms with E-state index in [-0.39, 0.29) is 17.0 Å². The van der Waals surface area contributed by atoms with Crippen LogP contribution in [-0.4, -0.2) is 9.55 Å². The topological polar surface area (TPSA) is 17.8 Å². The molecule has 2 aromatic carbocycles.